The van der Waals surface area contributed by atoms with Crippen LogP contribution in [0.25, 0.3) is 33.8 Å². The molecule has 0 saturated heterocycles. The van der Waals surface area contributed by atoms with Crippen LogP contribution in [0.15, 0.2) is 72.8 Å². The highest BCUT2D eigenvalue weighted by Crippen LogP contribution is 2.43. The Morgan fingerprint density at radius 3 is 0.959 bits per heavy atom. The van der Waals surface area contributed by atoms with E-state index in [9.17, 15) is 43.2 Å². The third-order valence-electron chi connectivity index (χ3n) is 24.0. The number of hydrogen-bond acceptors (Lipinski definition) is 18. The number of amides is 6. The fraction of sp³-hybridized carbons (Fsp3) is 0.621. The fourth-order valence-corrected chi connectivity index (χ4v) is 16.1. The molecule has 3 aliphatic carbocycles. The number of methoxy groups -OCH3 is 6. The third-order valence-corrected chi connectivity index (χ3v) is 24.0. The molecule has 672 valence electrons. The van der Waals surface area contributed by atoms with Gasteiger partial charge in [0.15, 0.2) is 34.4 Å². The van der Waals surface area contributed by atoms with Gasteiger partial charge in [-0.05, 0) is 136 Å². The second kappa shape index (κ2) is 51.8. The molecule has 0 aliphatic heterocycles. The van der Waals surface area contributed by atoms with Gasteiger partial charge in [0, 0.05) is 69.7 Å². The lowest BCUT2D eigenvalue weighted by molar-refractivity contribution is -0.125. The summed E-state index contributed by atoms with van der Waals surface area (Å²) in [5, 5.41) is 31.6. The SMILES string of the molecule is CCC(=O)CNC(=O)C[C@H](CCC1CCCCC1)NC(=O)c1cc(-c2c(OC)cccc2OC)n(C(C)C(C)C)n1.CCC(=O)CNC(=O)C[C@H](CCC1CCCCC1)NC(=O)c1cc(-c2c(OC)cccc2OC)n(CC(C)C)n1.CCC(=O)CNC(=O)C[C@H](CCC1CCCCC1)NC(=O)c1cc(-c2c(OC)cccc2OC)n(CC(C)CC)n1. The normalized spacial score (nSPS) is 15.0. The summed E-state index contributed by atoms with van der Waals surface area (Å²) in [5.74, 6) is 4.72. The predicted molar refractivity (Wildman–Crippen MR) is 476 cm³/mol. The topological polar surface area (TPSA) is 335 Å². The van der Waals surface area contributed by atoms with E-state index < -0.39 is 0 Å². The van der Waals surface area contributed by atoms with Gasteiger partial charge in [0.2, 0.25) is 17.7 Å². The average molecular weight is 1690 g/mol. The van der Waals surface area contributed by atoms with E-state index in [1.54, 1.807) is 81.6 Å². The van der Waals surface area contributed by atoms with Crippen molar-refractivity contribution in [1.29, 1.82) is 0 Å². The van der Waals surface area contributed by atoms with Gasteiger partial charge in [0.1, 0.15) is 34.5 Å². The summed E-state index contributed by atoms with van der Waals surface area (Å²) in [7, 11) is 9.63. The highest BCUT2D eigenvalue weighted by molar-refractivity contribution is 5.97. The van der Waals surface area contributed by atoms with E-state index in [0.29, 0.717) is 110 Å². The summed E-state index contributed by atoms with van der Waals surface area (Å²) >= 11 is 0. The van der Waals surface area contributed by atoms with Crippen LogP contribution >= 0.6 is 0 Å². The monoisotopic (exact) mass is 1690 g/mol. The number of nitrogens with zero attached hydrogens (tertiary/aromatic N) is 6. The van der Waals surface area contributed by atoms with Crippen molar-refractivity contribution >= 4 is 52.8 Å². The molecule has 3 aliphatic rings. The highest BCUT2D eigenvalue weighted by Gasteiger charge is 2.32. The largest absolute Gasteiger partial charge is 0.496 e. The molecule has 3 aromatic heterocycles. The number of rotatable bonds is 46. The van der Waals surface area contributed by atoms with Crippen molar-refractivity contribution in [3.8, 4) is 68.3 Å². The number of aromatic nitrogens is 6. The van der Waals surface area contributed by atoms with Gasteiger partial charge in [0.05, 0.1) is 102 Å². The van der Waals surface area contributed by atoms with Gasteiger partial charge in [-0.15, -0.1) is 0 Å². The van der Waals surface area contributed by atoms with Crippen LogP contribution in [0, 0.1) is 35.5 Å². The number of hydrogen-bond donors (Lipinski definition) is 6. The van der Waals surface area contributed by atoms with E-state index in [1.807, 2.05) is 68.6 Å². The first kappa shape index (κ1) is 99.0. The number of ketones is 3. The molecule has 2 unspecified atom stereocenters. The molecule has 3 heterocycles. The summed E-state index contributed by atoms with van der Waals surface area (Å²) in [6.45, 7) is 21.3. The summed E-state index contributed by atoms with van der Waals surface area (Å²) < 4.78 is 39.4. The Labute approximate surface area is 724 Å². The maximum atomic E-state index is 13.7. The number of Topliss-reactive ketones (excluding diaryl/α,β-unsaturated/α-hetero) is 3. The Hall–Kier alpha value is -10.1. The second-order valence-electron chi connectivity index (χ2n) is 33.9. The zero-order valence-corrected chi connectivity index (χ0v) is 75.8. The first-order valence-corrected chi connectivity index (χ1v) is 44.9. The Kier molecular flexibility index (Phi) is 42.0. The minimum atomic E-state index is -0.363. The highest BCUT2D eigenvalue weighted by atomic mass is 16.5. The van der Waals surface area contributed by atoms with Gasteiger partial charge in [-0.3, -0.25) is 57.2 Å². The van der Waals surface area contributed by atoms with Crippen LogP contribution in [-0.2, 0) is 41.9 Å². The van der Waals surface area contributed by atoms with Crippen molar-refractivity contribution in [2.45, 2.75) is 286 Å². The van der Waals surface area contributed by atoms with Crippen LogP contribution in [-0.4, -0.2) is 163 Å². The maximum Gasteiger partial charge on any atom is 0.272 e. The van der Waals surface area contributed by atoms with Crippen LogP contribution in [0.3, 0.4) is 0 Å². The van der Waals surface area contributed by atoms with Crippen LogP contribution in [0.2, 0.25) is 0 Å². The van der Waals surface area contributed by atoms with Crippen molar-refractivity contribution in [3.05, 3.63) is 89.9 Å². The van der Waals surface area contributed by atoms with Crippen molar-refractivity contribution in [2.75, 3.05) is 62.3 Å². The molecule has 6 N–H and O–H groups in total. The van der Waals surface area contributed by atoms with Gasteiger partial charge in [0.25, 0.3) is 17.7 Å². The predicted octanol–water partition coefficient (Wildman–Crippen LogP) is 16.5. The molecular weight excluding hydrogens is 1550 g/mol. The Morgan fingerprint density at radius 1 is 0.393 bits per heavy atom. The first-order valence-electron chi connectivity index (χ1n) is 44.9. The standard InChI is InChI=1S/2C32H48N4O5.C31H46N4O5/c1-7-25(37)20-33-30(38)18-24(17-16-23-12-9-8-10-13-23)34-32(39)26-19-27(36(35-26)22(4)21(2)3)31-28(40-5)14-11-15-29(31)41-6;1-6-22(3)21-36-27(31-28(40-4)14-11-15-29(31)41-5)19-26(35-36)32(39)34-24(17-16-23-12-9-8-10-13-23)18-30(38)33-20-25(37)7-2;1-6-24(36)19-32-29(37)17-23(16-15-22-11-8-7-9-12-22)33-31(38)25-18-26(35(34-25)20-21(2)3)30-27(39-4)13-10-14-28(30)40-5/h11,14-15,19,21-24H,7-10,12-13,16-18,20H2,1-6H3,(H,33,38)(H,34,39);11,14-15,19,22-24H,6-10,12-13,16-18,20-21H2,1-5H3,(H,33,38)(H,34,39);10,13-14,18,21-23H,6-9,11-12,15-17,19-20H2,1-5H3,(H,32,37)(H,33,38)/t2*22?,24-;23-/m000/s1. The van der Waals surface area contributed by atoms with Crippen molar-refractivity contribution in [3.63, 3.8) is 0 Å². The van der Waals surface area contributed by atoms with E-state index in [1.165, 1.54) is 96.3 Å². The van der Waals surface area contributed by atoms with E-state index in [4.69, 9.17) is 38.6 Å². The second-order valence-corrected chi connectivity index (χ2v) is 33.9. The van der Waals surface area contributed by atoms with E-state index in [2.05, 4.69) is 85.5 Å². The summed E-state index contributed by atoms with van der Waals surface area (Å²) in [6, 6.07) is 20.9. The molecule has 0 spiro atoms. The van der Waals surface area contributed by atoms with Crippen molar-refractivity contribution < 1.29 is 71.6 Å². The van der Waals surface area contributed by atoms with Gasteiger partial charge in [-0.1, -0.05) is 183 Å². The fourth-order valence-electron chi connectivity index (χ4n) is 16.1. The van der Waals surface area contributed by atoms with Gasteiger partial charge < -0.3 is 60.3 Å². The molecule has 122 heavy (non-hydrogen) atoms. The lowest BCUT2D eigenvalue weighted by Gasteiger charge is -2.24. The van der Waals surface area contributed by atoms with Crippen LogP contribution < -0.4 is 60.3 Å². The molecule has 27 nitrogen and oxygen atoms in total. The molecule has 6 amide bonds. The molecule has 3 saturated carbocycles. The summed E-state index contributed by atoms with van der Waals surface area (Å²) in [5.41, 5.74) is 5.19. The Bertz CT molecular complexity index is 4250. The van der Waals surface area contributed by atoms with Crippen LogP contribution in [0.1, 0.15) is 287 Å². The molecule has 6 aromatic rings. The molecule has 0 bridgehead atoms. The van der Waals surface area contributed by atoms with Gasteiger partial charge in [-0.25, -0.2) is 0 Å². The number of carbonyl (C=O) groups excluding carboxylic acids is 9. The number of carbonyl (C=O) groups is 9. The van der Waals surface area contributed by atoms with Crippen molar-refractivity contribution in [1.82, 2.24) is 61.2 Å². The van der Waals surface area contributed by atoms with Crippen LogP contribution in [0.5, 0.6) is 34.5 Å². The summed E-state index contributed by atoms with van der Waals surface area (Å²) in [6.07, 6.45) is 25.9. The number of nitrogens with one attached hydrogen (secondary N) is 6. The molecule has 3 aromatic carbocycles. The zero-order chi connectivity index (χ0) is 88.8. The smallest absolute Gasteiger partial charge is 0.272 e. The molecule has 0 radical (unpaired) electrons. The van der Waals surface area contributed by atoms with E-state index in [0.717, 1.165) is 59.5 Å². The average Bonchev–Trinajstić information content (AvgIpc) is 1.63. The first-order chi connectivity index (χ1) is 58.7. The minimum absolute atomic E-state index is 0.00912. The number of ether oxygens (including phenoxy) is 6. The minimum Gasteiger partial charge on any atom is -0.496 e. The molecule has 27 heteroatoms. The quantitative estimate of drug-likeness (QED) is 0.0207. The zero-order valence-electron chi connectivity index (χ0n) is 75.8. The summed E-state index contributed by atoms with van der Waals surface area (Å²) in [4.78, 5) is 114. The van der Waals surface area contributed by atoms with Crippen LogP contribution in [0.4, 0.5) is 0 Å². The maximum absolute atomic E-state index is 13.7. The molecule has 5 atom stereocenters. The molecule has 3 fully saturated rings. The van der Waals surface area contributed by atoms with E-state index in [-0.39, 0.29) is 145 Å². The Morgan fingerprint density at radius 2 is 0.680 bits per heavy atom. The van der Waals surface area contributed by atoms with Gasteiger partial charge in [-0.2, -0.15) is 15.3 Å². The molecule has 9 rings (SSSR count). The third kappa shape index (κ3) is 30.8. The lowest BCUT2D eigenvalue weighted by Crippen LogP contribution is -2.40. The van der Waals surface area contributed by atoms with E-state index >= 15 is 0 Å². The Balaban J connectivity index is 0.000000252. The number of benzene rings is 3. The van der Waals surface area contributed by atoms with Crippen molar-refractivity contribution in [2.24, 2.45) is 35.5 Å². The molecular formula is C95H142N12O15. The van der Waals surface area contributed by atoms with Gasteiger partial charge >= 0.3 is 0 Å². The lowest BCUT2D eigenvalue weighted by atomic mass is 9.85.